The summed E-state index contributed by atoms with van der Waals surface area (Å²) in [7, 11) is 0. The quantitative estimate of drug-likeness (QED) is 0.364. The monoisotopic (exact) mass is 158 g/mol. The fraction of sp³-hybridized carbons (Fsp3) is 0. The van der Waals surface area contributed by atoms with Crippen LogP contribution in [0.25, 0.3) is 0 Å². The maximum atomic E-state index is 2.14. The average molecular weight is 159 g/mol. The van der Waals surface area contributed by atoms with Crippen molar-refractivity contribution in [3.05, 3.63) is 0 Å². The molecule has 0 aliphatic rings. The van der Waals surface area contributed by atoms with Crippen molar-refractivity contribution in [2.75, 3.05) is 0 Å². The molecule has 4 heavy (non-hydrogen) atoms. The van der Waals surface area contributed by atoms with Crippen molar-refractivity contribution in [1.82, 2.24) is 0 Å². The fourth-order valence-corrected chi connectivity index (χ4v) is 0. The summed E-state index contributed by atoms with van der Waals surface area (Å²) in [5.74, 6) is 0. The second kappa shape index (κ2) is 21.8. The van der Waals surface area contributed by atoms with Gasteiger partial charge in [0.05, 0.1) is 0 Å². The van der Waals surface area contributed by atoms with Crippen LogP contribution in [0.1, 0.15) is 0 Å². The normalized spacial score (nSPS) is 1.00. The molecule has 18 valence electrons. The van der Waals surface area contributed by atoms with Crippen molar-refractivity contribution in [3.63, 3.8) is 0 Å². The maximum absolute atomic E-state index is 2.14. The van der Waals surface area contributed by atoms with E-state index in [1.165, 1.54) is 16.1 Å². The third kappa shape index (κ3) is 9.26. The van der Waals surface area contributed by atoms with Gasteiger partial charge in [-0.3, -0.25) is 0 Å². The summed E-state index contributed by atoms with van der Waals surface area (Å²) < 4.78 is 0. The van der Waals surface area contributed by atoms with E-state index in [0.717, 1.165) is 0 Å². The Kier molecular flexibility index (Phi) is 93.4. The summed E-state index contributed by atoms with van der Waals surface area (Å²) in [6.07, 6.45) is 0. The zero-order valence-electron chi connectivity index (χ0n) is 3.12. The molecule has 0 aliphatic carbocycles. The van der Waals surface area contributed by atoms with Gasteiger partial charge in [0.2, 0.25) is 0 Å². The van der Waals surface area contributed by atoms with Crippen LogP contribution in [-0.4, -0.2) is 22.7 Å². The topological polar surface area (TPSA) is 0 Å². The standard InChI is InChI=1S/Al.BH2.Cr.Zn.2H/h;1H2;;;;/q-1;+1;;;;. The Morgan fingerprint density at radius 2 is 1.25 bits per heavy atom. The molecule has 0 aromatic rings. The Labute approximate surface area is 59.3 Å². The van der Waals surface area contributed by atoms with Gasteiger partial charge in [-0.1, -0.05) is 0 Å². The van der Waals surface area contributed by atoms with Gasteiger partial charge in [-0.25, -0.2) is 0 Å². The molecule has 0 bridgehead atoms. The van der Waals surface area contributed by atoms with Crippen molar-refractivity contribution in [3.8, 4) is 0 Å². The van der Waals surface area contributed by atoms with Gasteiger partial charge in [0.25, 0.3) is 0 Å². The predicted octanol–water partition coefficient (Wildman–Crippen LogP) is -1.84. The minimum atomic E-state index is 0. The number of rotatable bonds is 0. The molecule has 0 amide bonds. The molecule has 0 saturated heterocycles. The molecular weight excluding hydrogens is 155 g/mol. The summed E-state index contributed by atoms with van der Waals surface area (Å²) in [6, 6.07) is 0. The SMILES string of the molecule is [BH2][AlH2].[Cr].[Zn]. The Morgan fingerprint density at radius 3 is 1.25 bits per heavy atom. The second-order valence-electron chi connectivity index (χ2n) is 0. The van der Waals surface area contributed by atoms with E-state index in [1.807, 2.05) is 0 Å². The minimum absolute atomic E-state index is 0. The van der Waals surface area contributed by atoms with Crippen molar-refractivity contribution in [2.24, 2.45) is 0 Å². The van der Waals surface area contributed by atoms with Crippen molar-refractivity contribution in [1.29, 1.82) is 0 Å². The van der Waals surface area contributed by atoms with Gasteiger partial charge in [0.15, 0.2) is 16.1 Å². The molecule has 0 aromatic heterocycles. The number of hydrogen-bond donors (Lipinski definition) is 0. The summed E-state index contributed by atoms with van der Waals surface area (Å²) in [4.78, 5) is 0. The molecule has 0 saturated carbocycles. The first-order valence-electron chi connectivity index (χ1n) is 1.00. The van der Waals surface area contributed by atoms with Crippen LogP contribution in [0.5, 0.6) is 0 Å². The summed E-state index contributed by atoms with van der Waals surface area (Å²) in [5, 5.41) is 0. The molecule has 0 N–H and O–H groups in total. The van der Waals surface area contributed by atoms with Crippen LogP contribution in [0, 0.1) is 0 Å². The van der Waals surface area contributed by atoms with Gasteiger partial charge >= 0.3 is 0 Å². The van der Waals surface area contributed by atoms with Crippen LogP contribution in [-0.2, 0) is 36.8 Å². The van der Waals surface area contributed by atoms with Crippen LogP contribution in [0.2, 0.25) is 0 Å². The van der Waals surface area contributed by atoms with Gasteiger partial charge in [0, 0.05) is 43.5 Å². The van der Waals surface area contributed by atoms with Gasteiger partial charge in [-0.15, -0.1) is 0 Å². The molecular formula is H4AlBCrZn. The smallest absolute Gasteiger partial charge is 0 e. The Balaban J connectivity index is -0.00000000500. The Morgan fingerprint density at radius 1 is 1.25 bits per heavy atom. The van der Waals surface area contributed by atoms with Crippen LogP contribution in [0.3, 0.4) is 0 Å². The van der Waals surface area contributed by atoms with E-state index in [9.17, 15) is 0 Å². The molecule has 0 nitrogen and oxygen atoms in total. The largest absolute Gasteiger partial charge is 0.166 e. The molecule has 4 heteroatoms. The van der Waals surface area contributed by atoms with E-state index in [2.05, 4.69) is 6.62 Å². The molecule has 0 aromatic carbocycles. The van der Waals surface area contributed by atoms with Crippen LogP contribution < -0.4 is 0 Å². The van der Waals surface area contributed by atoms with E-state index in [1.54, 1.807) is 0 Å². The first kappa shape index (κ1) is 17.1. The van der Waals surface area contributed by atoms with Gasteiger partial charge in [-0.2, -0.15) is 0 Å². The zero-order valence-corrected chi connectivity index (χ0v) is 9.36. The van der Waals surface area contributed by atoms with Gasteiger partial charge in [0.1, 0.15) is 0 Å². The first-order valence-corrected chi connectivity index (χ1v) is 3.00. The molecule has 0 atom stereocenters. The molecule has 0 aliphatic heterocycles. The van der Waals surface area contributed by atoms with Gasteiger partial charge in [-0.05, 0) is 0 Å². The summed E-state index contributed by atoms with van der Waals surface area (Å²) >= 11 is 1.31. The average Bonchev–Trinajstić information content (AvgIpc) is 1.00. The second-order valence-corrected chi connectivity index (χ2v) is 0. The fourth-order valence-electron chi connectivity index (χ4n) is 0. The molecule has 0 rings (SSSR count). The van der Waals surface area contributed by atoms with E-state index in [4.69, 9.17) is 0 Å². The van der Waals surface area contributed by atoms with E-state index in [-0.39, 0.29) is 36.8 Å². The summed E-state index contributed by atoms with van der Waals surface area (Å²) in [6.45, 7) is 2.14. The third-order valence-electron chi connectivity index (χ3n) is 0. The van der Waals surface area contributed by atoms with Crippen LogP contribution in [0.15, 0.2) is 0 Å². The molecule has 0 radical (unpaired) electrons. The molecule has 0 spiro atoms. The van der Waals surface area contributed by atoms with Crippen LogP contribution in [0.4, 0.5) is 0 Å². The molecule has 0 fully saturated rings. The van der Waals surface area contributed by atoms with E-state index < -0.39 is 0 Å². The first-order chi connectivity index (χ1) is 1.00. The maximum Gasteiger partial charge on any atom is 0.166 e. The van der Waals surface area contributed by atoms with Crippen molar-refractivity contribution >= 4 is 22.7 Å². The number of hydrogen-bond acceptors (Lipinski definition) is 0. The summed E-state index contributed by atoms with van der Waals surface area (Å²) in [5.41, 5.74) is 0. The van der Waals surface area contributed by atoms with Gasteiger partial charge < -0.3 is 0 Å². The Bertz CT molecular complexity index is 8.00. The third-order valence-corrected chi connectivity index (χ3v) is 0. The van der Waals surface area contributed by atoms with Crippen LogP contribution >= 0.6 is 0 Å². The molecule has 0 unspecified atom stereocenters. The van der Waals surface area contributed by atoms with E-state index in [0.29, 0.717) is 0 Å². The van der Waals surface area contributed by atoms with E-state index >= 15 is 0 Å². The Hall–Kier alpha value is 1.75. The van der Waals surface area contributed by atoms with Crippen molar-refractivity contribution < 1.29 is 36.8 Å². The zero-order chi connectivity index (χ0) is 2.00. The molecule has 0 heterocycles. The van der Waals surface area contributed by atoms with Crippen molar-refractivity contribution in [2.45, 2.75) is 0 Å². The minimum Gasteiger partial charge on any atom is 0 e. The predicted molar refractivity (Wildman–Crippen MR) is 17.1 cm³/mol.